The molecule has 3 saturated carbocycles. The Labute approximate surface area is 446 Å². The third-order valence-corrected chi connectivity index (χ3v) is 25.3. The largest absolute Gasteiger partial charge is 0.485 e. The molecule has 1 aromatic carbocycles. The Kier molecular flexibility index (Phi) is 16.8. The summed E-state index contributed by atoms with van der Waals surface area (Å²) < 4.78 is 32.6. The third-order valence-electron chi connectivity index (χ3n) is 19.4. The Morgan fingerprint density at radius 1 is 1.00 bits per heavy atom. The van der Waals surface area contributed by atoms with Gasteiger partial charge in [0.25, 0.3) is 0 Å². The summed E-state index contributed by atoms with van der Waals surface area (Å²) in [6, 6.07) is 3.64. The summed E-state index contributed by atoms with van der Waals surface area (Å²) in [7, 11) is 9.38. The molecule has 5 heterocycles. The highest BCUT2D eigenvalue weighted by Gasteiger charge is 2.78. The van der Waals surface area contributed by atoms with Crippen LogP contribution in [0.1, 0.15) is 96.5 Å². The summed E-state index contributed by atoms with van der Waals surface area (Å²) in [6.45, 7) is 5.41. The maximum atomic E-state index is 13.8. The molecule has 8 aliphatic rings. The van der Waals surface area contributed by atoms with E-state index in [1.54, 1.807) is 42.2 Å². The zero-order valence-electron chi connectivity index (χ0n) is 42.7. The fraction of sp³-hybridized carbons (Fsp3) is 0.796. The molecule has 0 radical (unpaired) electrons. The standard InChI is InChI=1S/C54H80N2O13S4/c1-4-65-43(61)14-10-33-22-34-16-20-66-45(34)47-46(33)68-49-54(64)44-35(8-11-39(59)38(44)27-58)24-52(63,48(54)62)53(69-49)30-72-73-51-25-37(50(40(51)6-5-19-57)17-15-32(23-50)26-55-3)29-71-70-28-36(9-13-42(53)60)31(2)7-12-41(51)56-18-21-67-47/h8,11,16,20,22,31-32,35-42,44,48-49,55-60,62-64H,4-7,9-10,12-15,17-19,21,23-30H2,1-3H3. The van der Waals surface area contributed by atoms with Gasteiger partial charge in [-0.2, -0.15) is 0 Å². The van der Waals surface area contributed by atoms with Gasteiger partial charge in [-0.1, -0.05) is 62.3 Å². The Balaban J connectivity index is 1.20. The van der Waals surface area contributed by atoms with Gasteiger partial charge in [0, 0.05) is 71.4 Å². The third kappa shape index (κ3) is 9.43. The van der Waals surface area contributed by atoms with Gasteiger partial charge in [0.1, 0.15) is 23.9 Å². The highest BCUT2D eigenvalue weighted by atomic mass is 33.1. The smallest absolute Gasteiger partial charge is 0.306 e. The van der Waals surface area contributed by atoms with Gasteiger partial charge in [0.15, 0.2) is 16.9 Å². The lowest BCUT2D eigenvalue weighted by molar-refractivity contribution is -0.424. The van der Waals surface area contributed by atoms with Gasteiger partial charge in [0.05, 0.1) is 25.1 Å². The molecule has 0 amide bonds. The molecule has 4 aliphatic heterocycles. The molecule has 19 heteroatoms. The summed E-state index contributed by atoms with van der Waals surface area (Å²) >= 11 is 0. The quantitative estimate of drug-likeness (QED) is 0.0770. The first-order chi connectivity index (χ1) is 35.2. The van der Waals surface area contributed by atoms with Gasteiger partial charge < -0.3 is 69.7 Å². The number of rotatable bonds is 10. The lowest BCUT2D eigenvalue weighted by atomic mass is 9.50. The van der Waals surface area contributed by atoms with Gasteiger partial charge in [-0.3, -0.25) is 4.79 Å². The molecule has 2 aromatic rings. The number of carbonyl (C=O) groups excluding carboxylic acids is 1. The van der Waals surface area contributed by atoms with E-state index in [1.165, 1.54) is 0 Å². The van der Waals surface area contributed by atoms with Crippen LogP contribution in [0.4, 0.5) is 0 Å². The summed E-state index contributed by atoms with van der Waals surface area (Å²) in [4.78, 5) is 13.1. The molecule has 15 nitrogen and oxygen atoms in total. The van der Waals surface area contributed by atoms with Crippen LogP contribution in [-0.2, 0) is 20.7 Å². The van der Waals surface area contributed by atoms with E-state index in [2.05, 4.69) is 17.6 Å². The first-order valence-electron chi connectivity index (χ1n) is 27.2. The monoisotopic (exact) mass is 1090 g/mol. The van der Waals surface area contributed by atoms with Crippen molar-refractivity contribution in [2.24, 2.45) is 52.8 Å². The second kappa shape index (κ2) is 22.4. The van der Waals surface area contributed by atoms with Gasteiger partial charge in [0.2, 0.25) is 12.0 Å². The van der Waals surface area contributed by atoms with Crippen molar-refractivity contribution >= 4 is 60.1 Å². The zero-order chi connectivity index (χ0) is 51.3. The molecule has 3 spiro atoms. The van der Waals surface area contributed by atoms with Crippen LogP contribution < -0.4 is 20.1 Å². The van der Waals surface area contributed by atoms with E-state index in [9.17, 15) is 40.5 Å². The average Bonchev–Trinajstić information content (AvgIpc) is 4.08. The predicted molar refractivity (Wildman–Crippen MR) is 286 cm³/mol. The van der Waals surface area contributed by atoms with Crippen molar-refractivity contribution in [3.05, 3.63) is 36.1 Å². The molecule has 10 rings (SSSR count). The number of esters is 1. The van der Waals surface area contributed by atoms with Gasteiger partial charge >= 0.3 is 5.97 Å². The molecular formula is C54H80N2O13S4. The molecule has 408 valence electrons. The maximum Gasteiger partial charge on any atom is 0.306 e. The van der Waals surface area contributed by atoms with Gasteiger partial charge in [-0.15, -0.1) is 0 Å². The molecule has 73 heavy (non-hydrogen) atoms. The average molecular weight is 1090 g/mol. The summed E-state index contributed by atoms with van der Waals surface area (Å²) in [5, 5.41) is 95.6. The number of ether oxygens (including phenoxy) is 4. The van der Waals surface area contributed by atoms with Crippen molar-refractivity contribution in [3.8, 4) is 11.5 Å². The molecule has 4 aliphatic carbocycles. The molecule has 18 atom stereocenters. The molecule has 18 unspecified atom stereocenters. The maximum absolute atomic E-state index is 13.8. The van der Waals surface area contributed by atoms with Crippen molar-refractivity contribution in [1.29, 1.82) is 0 Å². The van der Waals surface area contributed by atoms with Crippen LogP contribution in [0.3, 0.4) is 0 Å². The highest BCUT2D eigenvalue weighted by Crippen LogP contribution is 2.71. The highest BCUT2D eigenvalue weighted by molar-refractivity contribution is 8.77. The van der Waals surface area contributed by atoms with Gasteiger partial charge in [-0.25, -0.2) is 0 Å². The number of hydrogen-bond acceptors (Lipinski definition) is 19. The minimum absolute atomic E-state index is 0.00633. The number of hydrogen-bond donors (Lipinski definition) is 9. The number of allylic oxidation sites excluding steroid dienone is 1. The SMILES string of the molecule is CCOC(=O)CCc1cc2ccoc2c2c1OC1OC3(CSSC45CC(CSSCC(CCC3O)C(C)CCC4NCCO2)C2(CCC(CNC)C2)C5CCCO)C2(O)CC3C=CC(O)C(CO)C3C1(O)C2O. The molecule has 6 fully saturated rings. The lowest BCUT2D eigenvalue weighted by Crippen LogP contribution is -2.86. The number of aliphatic hydroxyl groups excluding tert-OH is 5. The summed E-state index contributed by atoms with van der Waals surface area (Å²) in [6.07, 6.45) is 6.95. The van der Waals surface area contributed by atoms with Crippen LogP contribution in [0.25, 0.3) is 11.0 Å². The molecule has 9 N–H and O–H groups in total. The molecular weight excluding hydrogens is 1010 g/mol. The van der Waals surface area contributed by atoms with Gasteiger partial charge in [-0.05, 0) is 156 Å². The Hall–Kier alpha value is -1.43. The number of fused-ring (bicyclic) bond motifs is 16. The summed E-state index contributed by atoms with van der Waals surface area (Å²) in [5.74, 6) is 0.610. The number of nitrogens with one attached hydrogen (secondary N) is 2. The van der Waals surface area contributed by atoms with Crippen LogP contribution in [0.2, 0.25) is 0 Å². The van der Waals surface area contributed by atoms with E-state index < -0.39 is 76.5 Å². The van der Waals surface area contributed by atoms with Crippen LogP contribution in [-0.4, -0.2) is 158 Å². The number of furan rings is 1. The first-order valence-corrected chi connectivity index (χ1v) is 32.0. The van der Waals surface area contributed by atoms with Crippen molar-refractivity contribution in [1.82, 2.24) is 10.6 Å². The second-order valence-corrected chi connectivity index (χ2v) is 28.2. The topological polar surface area (TPSA) is 233 Å². The van der Waals surface area contributed by atoms with E-state index in [0.717, 1.165) is 63.0 Å². The molecule has 8 bridgehead atoms. The van der Waals surface area contributed by atoms with Crippen molar-refractivity contribution in [3.63, 3.8) is 0 Å². The van der Waals surface area contributed by atoms with E-state index in [0.29, 0.717) is 47.8 Å². The van der Waals surface area contributed by atoms with E-state index in [4.69, 9.17) is 23.4 Å². The second-order valence-electron chi connectivity index (χ2n) is 23.0. The van der Waals surface area contributed by atoms with Crippen LogP contribution in [0.5, 0.6) is 11.5 Å². The van der Waals surface area contributed by atoms with E-state index in [1.807, 2.05) is 45.5 Å². The van der Waals surface area contributed by atoms with E-state index in [-0.39, 0.29) is 92.0 Å². The number of aryl methyl sites for hydroxylation is 1. The minimum Gasteiger partial charge on any atom is -0.485 e. The fourth-order valence-corrected chi connectivity index (χ4v) is 23.2. The normalized spacial score (nSPS) is 43.8. The first kappa shape index (κ1) is 54.9. The Morgan fingerprint density at radius 2 is 1.84 bits per heavy atom. The van der Waals surface area contributed by atoms with Crippen LogP contribution in [0, 0.1) is 52.8 Å². The molecule has 1 aromatic heterocycles. The summed E-state index contributed by atoms with van der Waals surface area (Å²) in [5.41, 5.74) is -5.85. The minimum atomic E-state index is -2.49. The zero-order valence-corrected chi connectivity index (χ0v) is 45.9. The molecule has 3 saturated heterocycles. The van der Waals surface area contributed by atoms with Crippen molar-refractivity contribution < 1.29 is 63.9 Å². The fourth-order valence-electron chi connectivity index (χ4n) is 15.8. The Morgan fingerprint density at radius 3 is 2.63 bits per heavy atom. The van der Waals surface area contributed by atoms with Crippen molar-refractivity contribution in [2.75, 3.05) is 63.8 Å². The number of benzene rings is 1. The van der Waals surface area contributed by atoms with Crippen LogP contribution in [0.15, 0.2) is 35.0 Å². The van der Waals surface area contributed by atoms with E-state index >= 15 is 0 Å². The number of aliphatic hydroxyl groups is 7. The number of carbonyl (C=O) groups is 1. The Bertz CT molecular complexity index is 2280. The predicted octanol–water partition coefficient (Wildman–Crippen LogP) is 5.87. The van der Waals surface area contributed by atoms with Crippen molar-refractivity contribution in [2.45, 2.75) is 150 Å². The van der Waals surface area contributed by atoms with Crippen LogP contribution >= 0.6 is 43.2 Å². The lowest BCUT2D eigenvalue weighted by Gasteiger charge is -2.67.